The molecule has 43 heavy (non-hydrogen) atoms. The molecule has 0 saturated carbocycles. The number of halogens is 2. The zero-order valence-electron chi connectivity index (χ0n) is 23.0. The molecule has 1 aliphatic rings. The van der Waals surface area contributed by atoms with Crippen LogP contribution in [0.2, 0.25) is 0 Å². The largest absolute Gasteiger partial charge is 0.355 e. The van der Waals surface area contributed by atoms with E-state index in [2.05, 4.69) is 32.4 Å². The Labute approximate surface area is 253 Å². The van der Waals surface area contributed by atoms with Gasteiger partial charge < -0.3 is 10.2 Å². The van der Waals surface area contributed by atoms with Crippen LogP contribution in [-0.4, -0.2) is 44.5 Å². The van der Waals surface area contributed by atoms with Crippen molar-refractivity contribution >= 4 is 33.4 Å². The average Bonchev–Trinajstić information content (AvgIpc) is 3.45. The quantitative estimate of drug-likeness (QED) is 0.307. The number of nitriles is 1. The Kier molecular flexibility index (Phi) is 7.38. The van der Waals surface area contributed by atoms with Crippen LogP contribution < -0.4 is 10.9 Å². The third kappa shape index (κ3) is 5.10. The Balaban J connectivity index is 1.48. The Morgan fingerprint density at radius 2 is 1.79 bits per heavy atom. The number of nitrogens with zero attached hydrogens (tertiary/aromatic N) is 5. The zero-order valence-corrected chi connectivity index (χ0v) is 24.6. The molecule has 1 N–H and O–H groups in total. The van der Waals surface area contributed by atoms with Gasteiger partial charge in [-0.2, -0.15) is 10.4 Å². The molecule has 3 heterocycles. The molecular weight excluding hydrogens is 615 g/mol. The van der Waals surface area contributed by atoms with Crippen molar-refractivity contribution in [2.45, 2.75) is 19.4 Å². The number of benzene rings is 3. The molecule has 214 valence electrons. The van der Waals surface area contributed by atoms with E-state index in [-0.39, 0.29) is 29.7 Å². The van der Waals surface area contributed by atoms with Crippen molar-refractivity contribution in [3.8, 4) is 11.8 Å². The molecule has 0 saturated heterocycles. The molecule has 0 spiro atoms. The lowest BCUT2D eigenvalue weighted by Crippen LogP contribution is -2.41. The number of carbonyl (C=O) groups excluding carboxylic acids is 2. The van der Waals surface area contributed by atoms with E-state index >= 15 is 0 Å². The van der Waals surface area contributed by atoms with Crippen LogP contribution in [0.1, 0.15) is 48.7 Å². The fraction of sp³-hybridized carbons (Fsp3) is 0.156. The predicted molar refractivity (Wildman–Crippen MR) is 161 cm³/mol. The van der Waals surface area contributed by atoms with Crippen molar-refractivity contribution in [2.75, 3.05) is 13.6 Å². The summed E-state index contributed by atoms with van der Waals surface area (Å²) in [7, 11) is 1.55. The van der Waals surface area contributed by atoms with Crippen LogP contribution >= 0.6 is 15.9 Å². The van der Waals surface area contributed by atoms with E-state index < -0.39 is 0 Å². The van der Waals surface area contributed by atoms with Gasteiger partial charge in [-0.05, 0) is 82.5 Å². The molecule has 2 aromatic heterocycles. The Morgan fingerprint density at radius 3 is 2.49 bits per heavy atom. The third-order valence-corrected chi connectivity index (χ3v) is 8.30. The molecule has 11 heteroatoms. The molecule has 9 nitrogen and oxygen atoms in total. The minimum atomic E-state index is -0.344. The van der Waals surface area contributed by atoms with E-state index in [1.807, 2.05) is 0 Å². The van der Waals surface area contributed by atoms with Crippen molar-refractivity contribution in [3.63, 3.8) is 0 Å². The number of nitrogens with one attached hydrogen (secondary N) is 1. The van der Waals surface area contributed by atoms with Crippen molar-refractivity contribution in [1.82, 2.24) is 24.4 Å². The lowest BCUT2D eigenvalue weighted by atomic mass is 10.0. The van der Waals surface area contributed by atoms with E-state index in [9.17, 15) is 24.0 Å². The summed E-state index contributed by atoms with van der Waals surface area (Å²) in [6.07, 6.45) is 2.38. The smallest absolute Gasteiger partial charge is 0.261 e. The highest BCUT2D eigenvalue weighted by Gasteiger charge is 2.29. The van der Waals surface area contributed by atoms with Gasteiger partial charge >= 0.3 is 0 Å². The highest BCUT2D eigenvalue weighted by atomic mass is 79.9. The topological polar surface area (TPSA) is 112 Å². The first-order valence-electron chi connectivity index (χ1n) is 13.5. The summed E-state index contributed by atoms with van der Waals surface area (Å²) in [5.41, 5.74) is 4.73. The second kappa shape index (κ2) is 11.3. The number of carbonyl (C=O) groups is 2. The molecule has 6 rings (SSSR count). The molecule has 0 fully saturated rings. The Bertz CT molecular complexity index is 2010. The van der Waals surface area contributed by atoms with Gasteiger partial charge in [0.1, 0.15) is 17.5 Å². The number of amides is 2. The van der Waals surface area contributed by atoms with Gasteiger partial charge in [0, 0.05) is 46.7 Å². The molecule has 0 bridgehead atoms. The summed E-state index contributed by atoms with van der Waals surface area (Å²) < 4.78 is 17.5. The van der Waals surface area contributed by atoms with E-state index in [1.54, 1.807) is 81.8 Å². The molecule has 2 amide bonds. The standard InChI is InChI=1S/C32H24BrFN6O3/c1-36-29(41)20-4-9-25(10-5-20)39-30-23(14-19-2-7-24(34)8-3-19)17-37-40(30)28-18-38(13-12-26(28)32(39)43)31(42)21-6-11-27(33)22(15-21)16-35/h2-11,15,17H,12-14,18H2,1H3,(H,36,41). The van der Waals surface area contributed by atoms with Gasteiger partial charge in [0.2, 0.25) is 0 Å². The minimum Gasteiger partial charge on any atom is -0.355 e. The first kappa shape index (κ1) is 28.1. The highest BCUT2D eigenvalue weighted by molar-refractivity contribution is 9.10. The van der Waals surface area contributed by atoms with Crippen LogP contribution in [0.3, 0.4) is 0 Å². The molecular formula is C32H24BrFN6O3. The Morgan fingerprint density at radius 1 is 1.07 bits per heavy atom. The SMILES string of the molecule is CNC(=O)c1ccc(-n2c(=O)c3c(n4ncc(Cc5ccc(F)cc5)c24)CN(C(=O)c2ccc(Br)c(C#N)c2)CC3)cc1. The molecule has 1 aliphatic heterocycles. The second-order valence-corrected chi connectivity index (χ2v) is 11.0. The molecule has 0 atom stereocenters. The van der Waals surface area contributed by atoms with Gasteiger partial charge in [0.05, 0.1) is 29.7 Å². The maximum Gasteiger partial charge on any atom is 0.261 e. The van der Waals surface area contributed by atoms with Crippen molar-refractivity contribution in [2.24, 2.45) is 0 Å². The number of rotatable bonds is 5. The van der Waals surface area contributed by atoms with Gasteiger partial charge in [0.25, 0.3) is 17.4 Å². The van der Waals surface area contributed by atoms with Gasteiger partial charge in [-0.25, -0.2) is 8.91 Å². The minimum absolute atomic E-state index is 0.145. The van der Waals surface area contributed by atoms with E-state index in [0.717, 1.165) is 11.1 Å². The molecule has 3 aromatic carbocycles. The second-order valence-electron chi connectivity index (χ2n) is 10.2. The molecule has 0 radical (unpaired) electrons. The zero-order chi connectivity index (χ0) is 30.2. The van der Waals surface area contributed by atoms with Crippen molar-refractivity contribution < 1.29 is 14.0 Å². The summed E-state index contributed by atoms with van der Waals surface area (Å²) >= 11 is 3.33. The summed E-state index contributed by atoms with van der Waals surface area (Å²) in [6, 6.07) is 19.8. The first-order chi connectivity index (χ1) is 20.8. The van der Waals surface area contributed by atoms with E-state index in [4.69, 9.17) is 0 Å². The monoisotopic (exact) mass is 638 g/mol. The van der Waals surface area contributed by atoms with Crippen LogP contribution in [0, 0.1) is 17.1 Å². The van der Waals surface area contributed by atoms with Crippen LogP contribution in [0.5, 0.6) is 0 Å². The average molecular weight is 639 g/mol. The molecule has 0 unspecified atom stereocenters. The number of fused-ring (bicyclic) bond motifs is 3. The normalized spacial score (nSPS) is 12.6. The van der Waals surface area contributed by atoms with Crippen molar-refractivity contribution in [1.29, 1.82) is 5.26 Å². The third-order valence-electron chi connectivity index (χ3n) is 7.61. The van der Waals surface area contributed by atoms with Crippen LogP contribution in [0.15, 0.2) is 82.2 Å². The van der Waals surface area contributed by atoms with Crippen LogP contribution in [0.4, 0.5) is 4.39 Å². The van der Waals surface area contributed by atoms with Crippen LogP contribution in [0.25, 0.3) is 11.3 Å². The summed E-state index contributed by atoms with van der Waals surface area (Å²) in [5, 5.41) is 16.7. The first-order valence-corrected chi connectivity index (χ1v) is 14.3. The fourth-order valence-electron chi connectivity index (χ4n) is 5.41. The number of hydrogen-bond donors (Lipinski definition) is 1. The molecule has 5 aromatic rings. The predicted octanol–water partition coefficient (Wildman–Crippen LogP) is 4.41. The number of hydrogen-bond acceptors (Lipinski definition) is 5. The summed E-state index contributed by atoms with van der Waals surface area (Å²) in [5.74, 6) is -0.841. The summed E-state index contributed by atoms with van der Waals surface area (Å²) in [6.45, 7) is 0.454. The highest BCUT2D eigenvalue weighted by Crippen LogP contribution is 2.26. The van der Waals surface area contributed by atoms with Crippen LogP contribution in [-0.2, 0) is 19.4 Å². The van der Waals surface area contributed by atoms with E-state index in [1.165, 1.54) is 12.1 Å². The summed E-state index contributed by atoms with van der Waals surface area (Å²) in [4.78, 5) is 41.5. The van der Waals surface area contributed by atoms with E-state index in [0.29, 0.717) is 63.1 Å². The maximum absolute atomic E-state index is 14.2. The Hall–Kier alpha value is -5.08. The lowest BCUT2D eigenvalue weighted by Gasteiger charge is -2.30. The molecule has 0 aliphatic carbocycles. The van der Waals surface area contributed by atoms with Crippen molar-refractivity contribution in [3.05, 3.63) is 133 Å². The number of aromatic nitrogens is 3. The maximum atomic E-state index is 14.2. The van der Waals surface area contributed by atoms with Gasteiger partial charge in [-0.15, -0.1) is 0 Å². The van der Waals surface area contributed by atoms with Gasteiger partial charge in [0.15, 0.2) is 0 Å². The lowest BCUT2D eigenvalue weighted by molar-refractivity contribution is 0.0729. The van der Waals surface area contributed by atoms with Gasteiger partial charge in [-0.3, -0.25) is 19.0 Å². The fourth-order valence-corrected chi connectivity index (χ4v) is 5.74. The van der Waals surface area contributed by atoms with Gasteiger partial charge in [-0.1, -0.05) is 12.1 Å².